The van der Waals surface area contributed by atoms with E-state index in [-0.39, 0.29) is 0 Å². The topological polar surface area (TPSA) is 47.3 Å². The van der Waals surface area contributed by atoms with Crippen LogP contribution in [0.3, 0.4) is 0 Å². The monoisotopic (exact) mass is 218 g/mol. The van der Waals surface area contributed by atoms with Crippen LogP contribution in [0.5, 0.6) is 5.75 Å². The van der Waals surface area contributed by atoms with Gasteiger partial charge in [0.1, 0.15) is 18.1 Å². The maximum Gasteiger partial charge on any atom is 0.146 e. The van der Waals surface area contributed by atoms with Crippen molar-refractivity contribution in [3.63, 3.8) is 0 Å². The first-order valence-corrected chi connectivity index (χ1v) is 5.13. The zero-order chi connectivity index (χ0) is 11.2. The van der Waals surface area contributed by atoms with Crippen LogP contribution in [0.1, 0.15) is 11.3 Å². The highest BCUT2D eigenvalue weighted by Gasteiger charge is 2.03. The zero-order valence-electron chi connectivity index (χ0n) is 9.14. The minimum Gasteiger partial charge on any atom is -0.484 e. The number of ether oxygens (including phenoxy) is 1. The molecule has 4 nitrogen and oxygen atoms in total. The molecule has 0 aromatic carbocycles. The van der Waals surface area contributed by atoms with Gasteiger partial charge in [0.2, 0.25) is 0 Å². The number of hydrogen-bond acceptors (Lipinski definition) is 4. The predicted molar refractivity (Wildman–Crippen MR) is 60.0 cm³/mol. The molecular formula is C12H14N2O2. The number of aromatic nitrogens is 1. The lowest BCUT2D eigenvalue weighted by atomic mass is 10.2. The highest BCUT2D eigenvalue weighted by atomic mass is 16.5. The zero-order valence-corrected chi connectivity index (χ0v) is 9.14. The van der Waals surface area contributed by atoms with Gasteiger partial charge in [-0.05, 0) is 25.2 Å². The van der Waals surface area contributed by atoms with Crippen LogP contribution < -0.4 is 10.1 Å². The van der Waals surface area contributed by atoms with Gasteiger partial charge in [0.15, 0.2) is 0 Å². The van der Waals surface area contributed by atoms with E-state index in [4.69, 9.17) is 9.15 Å². The van der Waals surface area contributed by atoms with Gasteiger partial charge < -0.3 is 14.5 Å². The van der Waals surface area contributed by atoms with E-state index >= 15 is 0 Å². The molecule has 2 aromatic rings. The van der Waals surface area contributed by atoms with Gasteiger partial charge in [-0.2, -0.15) is 0 Å². The average Bonchev–Trinajstić information content (AvgIpc) is 2.81. The van der Waals surface area contributed by atoms with Gasteiger partial charge in [0.25, 0.3) is 0 Å². The fourth-order valence-electron chi connectivity index (χ4n) is 1.42. The smallest absolute Gasteiger partial charge is 0.146 e. The summed E-state index contributed by atoms with van der Waals surface area (Å²) >= 11 is 0. The third-order valence-corrected chi connectivity index (χ3v) is 2.19. The van der Waals surface area contributed by atoms with E-state index in [9.17, 15) is 0 Å². The van der Waals surface area contributed by atoms with Gasteiger partial charge in [-0.15, -0.1) is 0 Å². The van der Waals surface area contributed by atoms with Crippen LogP contribution in [0, 0.1) is 0 Å². The quantitative estimate of drug-likeness (QED) is 0.833. The van der Waals surface area contributed by atoms with Crippen molar-refractivity contribution in [2.24, 2.45) is 0 Å². The lowest BCUT2D eigenvalue weighted by Crippen LogP contribution is -2.07. The van der Waals surface area contributed by atoms with E-state index in [1.807, 2.05) is 25.2 Å². The van der Waals surface area contributed by atoms with Crippen molar-refractivity contribution in [3.8, 4) is 5.75 Å². The second kappa shape index (κ2) is 5.32. The summed E-state index contributed by atoms with van der Waals surface area (Å²) in [7, 11) is 1.90. The minimum absolute atomic E-state index is 0.426. The van der Waals surface area contributed by atoms with Crippen molar-refractivity contribution < 1.29 is 9.15 Å². The number of furan rings is 1. The third-order valence-electron chi connectivity index (χ3n) is 2.19. The Morgan fingerprint density at radius 1 is 1.44 bits per heavy atom. The van der Waals surface area contributed by atoms with E-state index < -0.39 is 0 Å². The van der Waals surface area contributed by atoms with E-state index in [2.05, 4.69) is 10.3 Å². The summed E-state index contributed by atoms with van der Waals surface area (Å²) < 4.78 is 10.8. The van der Waals surface area contributed by atoms with Crippen LogP contribution in [0.2, 0.25) is 0 Å². The summed E-state index contributed by atoms with van der Waals surface area (Å²) in [6.45, 7) is 1.19. The number of hydrogen-bond donors (Lipinski definition) is 1. The first kappa shape index (κ1) is 10.7. The maximum atomic E-state index is 5.64. The van der Waals surface area contributed by atoms with Gasteiger partial charge in [-0.25, -0.2) is 0 Å². The van der Waals surface area contributed by atoms with Gasteiger partial charge in [-0.3, -0.25) is 4.98 Å². The molecule has 1 N–H and O–H groups in total. The van der Waals surface area contributed by atoms with Crippen molar-refractivity contribution in [3.05, 3.63) is 48.2 Å². The van der Waals surface area contributed by atoms with Crippen LogP contribution in [0.4, 0.5) is 0 Å². The first-order valence-electron chi connectivity index (χ1n) is 5.13. The standard InChI is InChI=1S/C12H14N2O2/c1-13-7-10-4-5-14-8-12(10)16-9-11-3-2-6-15-11/h2-6,8,13H,7,9H2,1H3. The molecule has 2 rings (SSSR count). The van der Waals surface area contributed by atoms with Crippen LogP contribution >= 0.6 is 0 Å². The minimum atomic E-state index is 0.426. The molecule has 0 saturated carbocycles. The molecule has 16 heavy (non-hydrogen) atoms. The largest absolute Gasteiger partial charge is 0.484 e. The summed E-state index contributed by atoms with van der Waals surface area (Å²) in [6, 6.07) is 5.67. The molecule has 0 aliphatic rings. The lowest BCUT2D eigenvalue weighted by Gasteiger charge is -2.09. The molecular weight excluding hydrogens is 204 g/mol. The van der Waals surface area contributed by atoms with Crippen LogP contribution in [-0.4, -0.2) is 12.0 Å². The average molecular weight is 218 g/mol. The summed E-state index contributed by atoms with van der Waals surface area (Å²) in [6.07, 6.45) is 5.11. The Bertz CT molecular complexity index is 426. The summed E-state index contributed by atoms with van der Waals surface area (Å²) in [5.74, 6) is 1.59. The number of pyridine rings is 1. The van der Waals surface area contributed by atoms with Crippen LogP contribution in [0.15, 0.2) is 41.3 Å². The highest BCUT2D eigenvalue weighted by molar-refractivity contribution is 5.29. The summed E-state index contributed by atoms with van der Waals surface area (Å²) in [4.78, 5) is 4.04. The number of rotatable bonds is 5. The molecule has 0 spiro atoms. The second-order valence-corrected chi connectivity index (χ2v) is 3.38. The fourth-order valence-corrected chi connectivity index (χ4v) is 1.42. The van der Waals surface area contributed by atoms with Crippen LogP contribution in [-0.2, 0) is 13.2 Å². The Hall–Kier alpha value is -1.81. The Balaban J connectivity index is 2.03. The Morgan fingerprint density at radius 3 is 3.12 bits per heavy atom. The van der Waals surface area contributed by atoms with E-state index in [1.165, 1.54) is 0 Å². The normalized spacial score (nSPS) is 10.3. The molecule has 0 fully saturated rings. The van der Waals surface area contributed by atoms with E-state index in [1.54, 1.807) is 18.7 Å². The predicted octanol–water partition coefficient (Wildman–Crippen LogP) is 1.97. The highest BCUT2D eigenvalue weighted by Crippen LogP contribution is 2.17. The third kappa shape index (κ3) is 2.61. The number of nitrogens with one attached hydrogen (secondary N) is 1. The molecule has 4 heteroatoms. The molecule has 0 unspecified atom stereocenters. The molecule has 0 bridgehead atoms. The molecule has 0 aliphatic heterocycles. The molecule has 84 valence electrons. The van der Waals surface area contributed by atoms with Gasteiger partial charge in [0, 0.05) is 18.3 Å². The Morgan fingerprint density at radius 2 is 2.38 bits per heavy atom. The molecule has 0 atom stereocenters. The second-order valence-electron chi connectivity index (χ2n) is 3.38. The molecule has 0 saturated heterocycles. The van der Waals surface area contributed by atoms with E-state index in [0.717, 1.165) is 23.6 Å². The molecule has 2 heterocycles. The maximum absolute atomic E-state index is 5.64. The number of nitrogens with zero attached hydrogens (tertiary/aromatic N) is 1. The summed E-state index contributed by atoms with van der Waals surface area (Å²) in [5, 5.41) is 3.09. The molecule has 0 amide bonds. The first-order chi connectivity index (χ1) is 7.90. The summed E-state index contributed by atoms with van der Waals surface area (Å²) in [5.41, 5.74) is 1.09. The van der Waals surface area contributed by atoms with Gasteiger partial charge >= 0.3 is 0 Å². The fraction of sp³-hybridized carbons (Fsp3) is 0.250. The van der Waals surface area contributed by atoms with Crippen molar-refractivity contribution in [2.75, 3.05) is 7.05 Å². The van der Waals surface area contributed by atoms with Crippen LogP contribution in [0.25, 0.3) is 0 Å². The lowest BCUT2D eigenvalue weighted by molar-refractivity contribution is 0.266. The van der Waals surface area contributed by atoms with Gasteiger partial charge in [0.05, 0.1) is 12.5 Å². The Labute approximate surface area is 94.3 Å². The SMILES string of the molecule is CNCc1ccncc1OCc1ccco1. The van der Waals surface area contributed by atoms with E-state index in [0.29, 0.717) is 6.61 Å². The molecule has 2 aromatic heterocycles. The Kier molecular flexibility index (Phi) is 3.56. The molecule has 0 radical (unpaired) electrons. The van der Waals surface area contributed by atoms with Crippen molar-refractivity contribution in [2.45, 2.75) is 13.2 Å². The van der Waals surface area contributed by atoms with Crippen molar-refractivity contribution >= 4 is 0 Å². The van der Waals surface area contributed by atoms with Gasteiger partial charge in [-0.1, -0.05) is 0 Å². The van der Waals surface area contributed by atoms with Crippen molar-refractivity contribution in [1.29, 1.82) is 0 Å². The molecule has 0 aliphatic carbocycles. The van der Waals surface area contributed by atoms with Crippen molar-refractivity contribution in [1.82, 2.24) is 10.3 Å².